The summed E-state index contributed by atoms with van der Waals surface area (Å²) in [5.41, 5.74) is 2.24. The minimum Gasteiger partial charge on any atom is -0.383 e. The average molecular weight is 394 g/mol. The highest BCUT2D eigenvalue weighted by Gasteiger charge is 2.52. The van der Waals surface area contributed by atoms with Crippen LogP contribution in [0.5, 0.6) is 0 Å². The van der Waals surface area contributed by atoms with Crippen molar-refractivity contribution >= 4 is 22.7 Å². The van der Waals surface area contributed by atoms with E-state index in [0.717, 1.165) is 5.56 Å². The number of ether oxygens (including phenoxy) is 1. The van der Waals surface area contributed by atoms with Crippen LogP contribution in [-0.2, 0) is 26.9 Å². The highest BCUT2D eigenvalue weighted by molar-refractivity contribution is 7.87. The highest BCUT2D eigenvalue weighted by atomic mass is 32.2. The van der Waals surface area contributed by atoms with Gasteiger partial charge in [0.1, 0.15) is 10.6 Å². The Hall–Kier alpha value is -1.93. The first-order chi connectivity index (χ1) is 13.0. The Morgan fingerprint density at radius 3 is 2.56 bits per heavy atom. The zero-order valence-electron chi connectivity index (χ0n) is 15.9. The second-order valence-electron chi connectivity index (χ2n) is 7.11. The average Bonchev–Trinajstić information content (AvgIpc) is 2.89. The summed E-state index contributed by atoms with van der Waals surface area (Å²) in [7, 11) is 0.356. The largest absolute Gasteiger partial charge is 0.383 e. The second kappa shape index (κ2) is 8.39. The number of carbonyl (C=O) groups excluding carboxylic acids is 2. The summed E-state index contributed by atoms with van der Waals surface area (Å²) < 4.78 is 17.7. The lowest BCUT2D eigenvalue weighted by Crippen LogP contribution is -2.57. The third kappa shape index (κ3) is 4.16. The van der Waals surface area contributed by atoms with Crippen LogP contribution in [0, 0.1) is 6.92 Å². The molecule has 0 bridgehead atoms. The molecule has 2 heterocycles. The Balaban J connectivity index is 1.57. The summed E-state index contributed by atoms with van der Waals surface area (Å²) in [6.07, 6.45) is 1.07. The van der Waals surface area contributed by atoms with Crippen LogP contribution in [0.3, 0.4) is 0 Å². The minimum absolute atomic E-state index is 0.0728. The van der Waals surface area contributed by atoms with Gasteiger partial charge in [0, 0.05) is 46.1 Å². The van der Waals surface area contributed by atoms with Crippen molar-refractivity contribution in [3.63, 3.8) is 0 Å². The fourth-order valence-electron chi connectivity index (χ4n) is 3.74. The minimum atomic E-state index is -1.23. The van der Waals surface area contributed by atoms with Gasteiger partial charge >= 0.3 is 6.03 Å². The van der Waals surface area contributed by atoms with Crippen molar-refractivity contribution in [2.75, 3.05) is 39.1 Å². The van der Waals surface area contributed by atoms with E-state index in [1.54, 1.807) is 16.9 Å². The quantitative estimate of drug-likeness (QED) is 0.816. The molecule has 1 spiro atoms. The molecule has 0 aliphatic carbocycles. The first-order valence-corrected chi connectivity index (χ1v) is 10.5. The third-order valence-electron chi connectivity index (χ3n) is 5.39. The fraction of sp³-hybridized carbons (Fsp3) is 0.579. The molecule has 1 N–H and O–H groups in total. The van der Waals surface area contributed by atoms with E-state index in [4.69, 9.17) is 4.74 Å². The van der Waals surface area contributed by atoms with E-state index in [-0.39, 0.29) is 17.7 Å². The van der Waals surface area contributed by atoms with E-state index in [1.807, 2.05) is 31.2 Å². The maximum atomic E-state index is 12.6. The predicted octanol–water partition coefficient (Wildman–Crippen LogP) is 1.23. The Bertz CT molecular complexity index is 714. The summed E-state index contributed by atoms with van der Waals surface area (Å²) in [6.45, 7) is 4.35. The molecule has 0 saturated carbocycles. The molecule has 7 nitrogen and oxygen atoms in total. The van der Waals surface area contributed by atoms with Crippen molar-refractivity contribution < 1.29 is 18.5 Å². The lowest BCUT2D eigenvalue weighted by Gasteiger charge is -2.43. The summed E-state index contributed by atoms with van der Waals surface area (Å²) >= 11 is 0. The predicted molar refractivity (Wildman–Crippen MR) is 104 cm³/mol. The number of hydrogen-bond donors (Lipinski definition) is 1. The molecule has 2 aliphatic rings. The van der Waals surface area contributed by atoms with E-state index in [9.17, 15) is 13.8 Å². The van der Waals surface area contributed by atoms with Gasteiger partial charge in [-0.2, -0.15) is 0 Å². The van der Waals surface area contributed by atoms with Gasteiger partial charge in [0.05, 0.1) is 17.4 Å². The summed E-state index contributed by atoms with van der Waals surface area (Å²) in [5.74, 6) is -0.00812. The number of benzene rings is 1. The summed E-state index contributed by atoms with van der Waals surface area (Å²) in [5, 5.41) is 2.94. The molecule has 0 aromatic heterocycles. The van der Waals surface area contributed by atoms with Crippen LogP contribution in [0.15, 0.2) is 24.3 Å². The van der Waals surface area contributed by atoms with E-state index in [0.29, 0.717) is 45.6 Å². The Morgan fingerprint density at radius 1 is 1.26 bits per heavy atom. The fourth-order valence-corrected chi connectivity index (χ4v) is 5.46. The molecule has 2 aliphatic heterocycles. The van der Waals surface area contributed by atoms with E-state index < -0.39 is 15.7 Å². The number of rotatable bonds is 5. The van der Waals surface area contributed by atoms with Crippen LogP contribution in [0.25, 0.3) is 0 Å². The zero-order chi connectivity index (χ0) is 19.4. The van der Waals surface area contributed by atoms with Crippen LogP contribution in [-0.4, -0.2) is 69.9 Å². The van der Waals surface area contributed by atoms with Gasteiger partial charge in [0.25, 0.3) is 0 Å². The number of nitrogens with zero attached hydrogens (tertiary/aromatic N) is 2. The van der Waals surface area contributed by atoms with Gasteiger partial charge < -0.3 is 19.9 Å². The van der Waals surface area contributed by atoms with Crippen molar-refractivity contribution in [3.05, 3.63) is 35.4 Å². The Labute approximate surface area is 162 Å². The van der Waals surface area contributed by atoms with Crippen LogP contribution in [0.4, 0.5) is 4.79 Å². The smallest absolute Gasteiger partial charge is 0.317 e. The van der Waals surface area contributed by atoms with Gasteiger partial charge in [-0.15, -0.1) is 0 Å². The second-order valence-corrected chi connectivity index (χ2v) is 8.85. The molecular weight excluding hydrogens is 366 g/mol. The molecule has 148 valence electrons. The topological polar surface area (TPSA) is 79.0 Å². The lowest BCUT2D eigenvalue weighted by atomic mass is 10.0. The number of likely N-dealkylation sites (tertiary alicyclic amines) is 1. The molecule has 27 heavy (non-hydrogen) atoms. The molecule has 1 aromatic carbocycles. The molecule has 1 atom stereocenters. The van der Waals surface area contributed by atoms with Gasteiger partial charge in [0.2, 0.25) is 5.91 Å². The van der Waals surface area contributed by atoms with Gasteiger partial charge in [0.15, 0.2) is 0 Å². The number of nitrogens with one attached hydrogen (secondary N) is 1. The summed E-state index contributed by atoms with van der Waals surface area (Å²) in [4.78, 5) is 27.5. The van der Waals surface area contributed by atoms with Gasteiger partial charge in [-0.3, -0.25) is 9.00 Å². The van der Waals surface area contributed by atoms with Crippen LogP contribution in [0.1, 0.15) is 24.0 Å². The Kier molecular flexibility index (Phi) is 6.16. The Morgan fingerprint density at radius 2 is 1.93 bits per heavy atom. The maximum Gasteiger partial charge on any atom is 0.317 e. The van der Waals surface area contributed by atoms with Crippen molar-refractivity contribution in [1.29, 1.82) is 0 Å². The molecule has 8 heteroatoms. The molecule has 3 amide bonds. The number of hydrogen-bond acceptors (Lipinski definition) is 4. The van der Waals surface area contributed by atoms with Gasteiger partial charge in [-0.25, -0.2) is 4.79 Å². The monoisotopic (exact) mass is 393 g/mol. The van der Waals surface area contributed by atoms with Crippen molar-refractivity contribution in [1.82, 2.24) is 15.1 Å². The first-order valence-electron chi connectivity index (χ1n) is 9.22. The maximum absolute atomic E-state index is 12.6. The van der Waals surface area contributed by atoms with Crippen LogP contribution >= 0.6 is 0 Å². The number of urea groups is 1. The van der Waals surface area contributed by atoms with Crippen LogP contribution < -0.4 is 5.32 Å². The summed E-state index contributed by atoms with van der Waals surface area (Å²) in [6, 6.07) is 7.92. The van der Waals surface area contributed by atoms with E-state index >= 15 is 0 Å². The number of carbonyl (C=O) groups is 2. The molecule has 1 unspecified atom stereocenters. The van der Waals surface area contributed by atoms with Crippen molar-refractivity contribution in [3.8, 4) is 0 Å². The highest BCUT2D eigenvalue weighted by Crippen LogP contribution is 2.37. The van der Waals surface area contributed by atoms with Crippen molar-refractivity contribution in [2.24, 2.45) is 0 Å². The SMILES string of the molecule is COCCN1C(=O)CS(=O)C12CCN(C(=O)NCc1ccc(C)cc1)CC2. The van der Waals surface area contributed by atoms with Gasteiger partial charge in [-0.05, 0) is 12.5 Å². The van der Waals surface area contributed by atoms with E-state index in [1.165, 1.54) is 5.56 Å². The zero-order valence-corrected chi connectivity index (χ0v) is 16.7. The lowest BCUT2D eigenvalue weighted by molar-refractivity contribution is -0.131. The number of methoxy groups -OCH3 is 1. The third-order valence-corrected chi connectivity index (χ3v) is 7.37. The molecule has 1 aromatic rings. The molecule has 0 radical (unpaired) electrons. The van der Waals surface area contributed by atoms with Gasteiger partial charge in [-0.1, -0.05) is 29.8 Å². The molecule has 2 saturated heterocycles. The van der Waals surface area contributed by atoms with Crippen molar-refractivity contribution in [2.45, 2.75) is 31.2 Å². The first kappa shape index (κ1) is 19.8. The number of amides is 3. The number of aryl methyl sites for hydroxylation is 1. The standard InChI is InChI=1S/C19H27N3O4S/c1-15-3-5-16(6-4-15)13-20-18(24)21-9-7-19(8-10-21)22(11-12-26-2)17(23)14-27(19)25/h3-6H,7-14H2,1-2H3,(H,20,24). The molecule has 3 rings (SSSR count). The molecular formula is C19H27N3O4S. The van der Waals surface area contributed by atoms with Crippen LogP contribution in [0.2, 0.25) is 0 Å². The van der Waals surface area contributed by atoms with E-state index in [2.05, 4.69) is 5.32 Å². The number of piperidine rings is 1. The normalized spacial score (nSPS) is 21.7. The molecule has 2 fully saturated rings.